The molecule has 0 bridgehead atoms. The molecular formula is C30H44N2O6. The lowest BCUT2D eigenvalue weighted by Gasteiger charge is -2.36. The topological polar surface area (TPSA) is 125 Å². The molecule has 38 heavy (non-hydrogen) atoms. The summed E-state index contributed by atoms with van der Waals surface area (Å²) in [5, 5.41) is 25.5. The molecular weight excluding hydrogens is 484 g/mol. The van der Waals surface area contributed by atoms with Crippen LogP contribution < -0.4 is 5.32 Å². The Bertz CT molecular complexity index is 1020. The minimum atomic E-state index is -1.21. The maximum absolute atomic E-state index is 13.7. The standard InChI is InChI=1S/C30H44N2O6/c1-18-9-8-11-30(5)25(38-30)15-23(19(2)13-20-10-6-7-12-31-20)32-26(34)16-24(33)29(3,4)28(36)22(27(18)35)14-21-17-37-21/h6-7,10,12-13,18,21-25,27,33,35H,8-9,11,14-17H2,1-5H3,(H,32,34)/b19-13+/t18-,21?,22+,23-,24-,25?,27-,30?/m0/s1. The van der Waals surface area contributed by atoms with Crippen molar-refractivity contribution in [2.24, 2.45) is 17.3 Å². The number of carbonyl (C=O) groups excluding carboxylic acids is 2. The summed E-state index contributed by atoms with van der Waals surface area (Å²) in [6.07, 6.45) is 4.89. The van der Waals surface area contributed by atoms with Crippen molar-refractivity contribution in [1.82, 2.24) is 10.3 Å². The number of ether oxygens (including phenoxy) is 2. The van der Waals surface area contributed by atoms with Gasteiger partial charge in [0, 0.05) is 18.5 Å². The van der Waals surface area contributed by atoms with Gasteiger partial charge in [0.2, 0.25) is 5.91 Å². The second kappa shape index (κ2) is 11.5. The molecule has 3 aliphatic rings. The number of nitrogens with zero attached hydrogens (tertiary/aromatic N) is 1. The summed E-state index contributed by atoms with van der Waals surface area (Å²) in [5.41, 5.74) is 0.258. The zero-order valence-electron chi connectivity index (χ0n) is 23.4. The van der Waals surface area contributed by atoms with Crippen LogP contribution >= 0.6 is 0 Å². The average Bonchev–Trinajstić information content (AvgIpc) is 3.79. The molecule has 0 saturated carbocycles. The van der Waals surface area contributed by atoms with Gasteiger partial charge in [-0.05, 0) is 62.8 Å². The number of nitrogens with one attached hydrogen (secondary N) is 1. The number of rotatable bonds is 4. The third-order valence-corrected chi connectivity index (χ3v) is 8.86. The molecule has 0 radical (unpaired) electrons. The molecule has 3 fully saturated rings. The molecule has 3 saturated heterocycles. The van der Waals surface area contributed by atoms with Gasteiger partial charge < -0.3 is 25.0 Å². The first-order chi connectivity index (χ1) is 17.9. The molecule has 8 atom stereocenters. The maximum atomic E-state index is 13.7. The minimum absolute atomic E-state index is 0.00396. The van der Waals surface area contributed by atoms with Crippen LogP contribution in [0.2, 0.25) is 0 Å². The lowest BCUT2D eigenvalue weighted by Crippen LogP contribution is -2.48. The number of hydrogen-bond donors (Lipinski definition) is 3. The minimum Gasteiger partial charge on any atom is -0.392 e. The van der Waals surface area contributed by atoms with Crippen molar-refractivity contribution in [2.75, 3.05) is 6.61 Å². The number of amides is 1. The van der Waals surface area contributed by atoms with E-state index in [9.17, 15) is 19.8 Å². The van der Waals surface area contributed by atoms with Crippen LogP contribution in [-0.2, 0) is 19.1 Å². The van der Waals surface area contributed by atoms with Crippen LogP contribution in [0.5, 0.6) is 0 Å². The van der Waals surface area contributed by atoms with E-state index in [2.05, 4.69) is 17.2 Å². The average molecular weight is 529 g/mol. The van der Waals surface area contributed by atoms with Crippen molar-refractivity contribution >= 4 is 17.8 Å². The van der Waals surface area contributed by atoms with E-state index in [1.807, 2.05) is 38.1 Å². The SMILES string of the molecule is C/C(=C\c1ccccn1)[C@@H]1CC2OC2(C)CCC[C@H](C)[C@H](O)[C@@H](CC2CO2)C(=O)C(C)(C)[C@@H](O)CC(=O)N1. The van der Waals surface area contributed by atoms with Gasteiger partial charge in [-0.1, -0.05) is 33.3 Å². The van der Waals surface area contributed by atoms with Crippen molar-refractivity contribution in [3.63, 3.8) is 0 Å². The number of fused-ring (bicyclic) bond motifs is 1. The number of epoxide rings is 2. The highest BCUT2D eigenvalue weighted by atomic mass is 16.6. The van der Waals surface area contributed by atoms with Crippen LogP contribution in [0.1, 0.15) is 78.8 Å². The molecule has 3 unspecified atom stereocenters. The highest BCUT2D eigenvalue weighted by molar-refractivity contribution is 5.88. The number of aliphatic hydroxyl groups excluding tert-OH is 2. The molecule has 0 aromatic carbocycles. The third-order valence-electron chi connectivity index (χ3n) is 8.86. The number of Topliss-reactive ketones (excluding diaryl/α,β-unsaturated/α-hetero) is 1. The molecule has 4 rings (SSSR count). The monoisotopic (exact) mass is 528 g/mol. The van der Waals surface area contributed by atoms with Gasteiger partial charge in [0.1, 0.15) is 5.78 Å². The van der Waals surface area contributed by atoms with Crippen LogP contribution in [0.25, 0.3) is 6.08 Å². The molecule has 3 aliphatic heterocycles. The zero-order chi connectivity index (χ0) is 27.7. The van der Waals surface area contributed by atoms with Gasteiger partial charge in [-0.25, -0.2) is 0 Å². The fourth-order valence-corrected chi connectivity index (χ4v) is 5.73. The highest BCUT2D eigenvalue weighted by Crippen LogP contribution is 2.44. The quantitative estimate of drug-likeness (QED) is 0.511. The summed E-state index contributed by atoms with van der Waals surface area (Å²) >= 11 is 0. The van der Waals surface area contributed by atoms with Gasteiger partial charge in [0.25, 0.3) is 0 Å². The Hall–Kier alpha value is -2.13. The van der Waals surface area contributed by atoms with E-state index in [1.54, 1.807) is 20.0 Å². The first-order valence-corrected chi connectivity index (χ1v) is 14.0. The van der Waals surface area contributed by atoms with Crippen molar-refractivity contribution in [2.45, 2.75) is 109 Å². The van der Waals surface area contributed by atoms with Crippen molar-refractivity contribution < 1.29 is 29.3 Å². The van der Waals surface area contributed by atoms with E-state index in [1.165, 1.54) is 0 Å². The van der Waals surface area contributed by atoms with Crippen LogP contribution in [0.4, 0.5) is 0 Å². The smallest absolute Gasteiger partial charge is 0.223 e. The normalized spacial score (nSPS) is 38.7. The number of hydrogen-bond acceptors (Lipinski definition) is 7. The van der Waals surface area contributed by atoms with E-state index in [0.717, 1.165) is 30.5 Å². The number of aromatic nitrogens is 1. The molecule has 0 aliphatic carbocycles. The van der Waals surface area contributed by atoms with Gasteiger partial charge in [-0.15, -0.1) is 0 Å². The molecule has 1 aromatic rings. The van der Waals surface area contributed by atoms with Crippen LogP contribution in [0, 0.1) is 17.3 Å². The second-order valence-corrected chi connectivity index (χ2v) is 12.4. The summed E-state index contributed by atoms with van der Waals surface area (Å²) in [4.78, 5) is 31.3. The van der Waals surface area contributed by atoms with E-state index in [4.69, 9.17) is 9.47 Å². The molecule has 0 spiro atoms. The zero-order valence-corrected chi connectivity index (χ0v) is 23.4. The van der Waals surface area contributed by atoms with E-state index < -0.39 is 23.5 Å². The Morgan fingerprint density at radius 2 is 1.97 bits per heavy atom. The Morgan fingerprint density at radius 1 is 1.24 bits per heavy atom. The molecule has 1 amide bonds. The van der Waals surface area contributed by atoms with Gasteiger partial charge in [-0.3, -0.25) is 14.6 Å². The van der Waals surface area contributed by atoms with Crippen molar-refractivity contribution in [1.29, 1.82) is 0 Å². The van der Waals surface area contributed by atoms with Gasteiger partial charge in [0.05, 0.1) is 60.2 Å². The van der Waals surface area contributed by atoms with Crippen LogP contribution in [-0.4, -0.2) is 69.6 Å². The predicted octanol–water partition coefficient (Wildman–Crippen LogP) is 3.45. The first-order valence-electron chi connectivity index (χ1n) is 14.0. The lowest BCUT2D eigenvalue weighted by molar-refractivity contribution is -0.144. The lowest BCUT2D eigenvalue weighted by atomic mass is 9.71. The summed E-state index contributed by atoms with van der Waals surface area (Å²) < 4.78 is 11.5. The second-order valence-electron chi connectivity index (χ2n) is 12.4. The van der Waals surface area contributed by atoms with Gasteiger partial charge >= 0.3 is 0 Å². The molecule has 8 heteroatoms. The Labute approximate surface area is 226 Å². The Kier molecular flexibility index (Phi) is 8.77. The van der Waals surface area contributed by atoms with Crippen LogP contribution in [0.15, 0.2) is 30.0 Å². The number of pyridine rings is 1. The number of ketones is 1. The van der Waals surface area contributed by atoms with E-state index in [-0.39, 0.29) is 47.9 Å². The Morgan fingerprint density at radius 3 is 2.63 bits per heavy atom. The molecule has 3 N–H and O–H groups in total. The molecule has 210 valence electrons. The largest absolute Gasteiger partial charge is 0.392 e. The first kappa shape index (κ1) is 28.9. The van der Waals surface area contributed by atoms with Gasteiger partial charge in [0.15, 0.2) is 0 Å². The highest BCUT2D eigenvalue weighted by Gasteiger charge is 2.52. The van der Waals surface area contributed by atoms with Crippen LogP contribution in [0.3, 0.4) is 0 Å². The summed E-state index contributed by atoms with van der Waals surface area (Å²) in [6, 6.07) is 5.39. The summed E-state index contributed by atoms with van der Waals surface area (Å²) in [7, 11) is 0. The van der Waals surface area contributed by atoms with Crippen molar-refractivity contribution in [3.05, 3.63) is 35.7 Å². The Balaban J connectivity index is 1.58. The molecule has 1 aromatic heterocycles. The molecule has 8 nitrogen and oxygen atoms in total. The van der Waals surface area contributed by atoms with Gasteiger partial charge in [-0.2, -0.15) is 0 Å². The fourth-order valence-electron chi connectivity index (χ4n) is 5.73. The predicted molar refractivity (Wildman–Crippen MR) is 144 cm³/mol. The molecule has 4 heterocycles. The number of aliphatic hydroxyl groups is 2. The summed E-state index contributed by atoms with van der Waals surface area (Å²) in [5.74, 6) is -1.30. The third kappa shape index (κ3) is 6.89. The van der Waals surface area contributed by atoms with E-state index in [0.29, 0.717) is 19.4 Å². The maximum Gasteiger partial charge on any atom is 0.223 e. The number of carbonyl (C=O) groups is 2. The van der Waals surface area contributed by atoms with E-state index >= 15 is 0 Å². The fraction of sp³-hybridized carbons (Fsp3) is 0.700. The van der Waals surface area contributed by atoms with Crippen molar-refractivity contribution in [3.8, 4) is 0 Å². The summed E-state index contributed by atoms with van der Waals surface area (Å²) in [6.45, 7) is 9.97.